The number of aromatic nitrogens is 8. The number of nitrogen functional groups attached to an aromatic ring is 1. The molecule has 4 aliphatic rings. The van der Waals surface area contributed by atoms with Gasteiger partial charge in [0.1, 0.15) is 52.7 Å². The van der Waals surface area contributed by atoms with Crippen LogP contribution in [0, 0.1) is 0 Å². The van der Waals surface area contributed by atoms with Crippen molar-refractivity contribution in [2.45, 2.75) is 76.5 Å². The zero-order valence-corrected chi connectivity index (χ0v) is 34.1. The van der Waals surface area contributed by atoms with Crippen LogP contribution >= 0.6 is 39.1 Å². The Bertz CT molecular complexity index is 2800. The summed E-state index contributed by atoms with van der Waals surface area (Å²) in [6.45, 7) is 6.97. The van der Waals surface area contributed by atoms with E-state index >= 15 is 0 Å². The monoisotopic (exact) mass is 872 g/mol. The second kappa shape index (κ2) is 14.1. The number of carbonyl (C=O) groups is 2. The maximum absolute atomic E-state index is 13.1. The lowest BCUT2D eigenvalue weighted by atomic mass is 10.2. The molecule has 6 aromatic rings. The molecule has 10 rings (SSSR count). The average Bonchev–Trinajstić information content (AvgIpc) is 4.09. The lowest BCUT2D eigenvalue weighted by Gasteiger charge is -2.22. The molecule has 0 aromatic carbocycles. The molecule has 0 bridgehead atoms. The van der Waals surface area contributed by atoms with Gasteiger partial charge in [-0.15, -0.1) is 0 Å². The van der Waals surface area contributed by atoms with Gasteiger partial charge in [-0.05, 0) is 93.6 Å². The number of pyridine rings is 4. The van der Waals surface area contributed by atoms with Crippen molar-refractivity contribution in [1.29, 1.82) is 0 Å². The molecule has 5 N–H and O–H groups in total. The van der Waals surface area contributed by atoms with E-state index in [4.69, 9.17) is 28.9 Å². The number of nitrogens with two attached hydrogens (primary N) is 1. The average molecular weight is 875 g/mol. The van der Waals surface area contributed by atoms with Crippen molar-refractivity contribution < 1.29 is 9.59 Å². The first-order valence-corrected chi connectivity index (χ1v) is 19.6. The van der Waals surface area contributed by atoms with Crippen LogP contribution in [0.5, 0.6) is 0 Å². The van der Waals surface area contributed by atoms with E-state index in [1.165, 1.54) is 46.8 Å². The predicted octanol–water partition coefficient (Wildman–Crippen LogP) is 6.08. The van der Waals surface area contributed by atoms with E-state index in [9.17, 15) is 19.2 Å². The van der Waals surface area contributed by atoms with Crippen molar-refractivity contribution in [3.05, 3.63) is 107 Å². The van der Waals surface area contributed by atoms with E-state index in [0.717, 1.165) is 40.6 Å². The Morgan fingerprint density at radius 3 is 1.75 bits per heavy atom. The summed E-state index contributed by atoms with van der Waals surface area (Å²) < 4.78 is 3.08. The molecule has 57 heavy (non-hydrogen) atoms. The number of nitrogens with zero attached hydrogens (tertiary/aromatic N) is 8. The lowest BCUT2D eigenvalue weighted by molar-refractivity contribution is 0.0925. The zero-order valence-electron chi connectivity index (χ0n) is 31.0. The minimum absolute atomic E-state index is 0.158. The summed E-state index contributed by atoms with van der Waals surface area (Å²) in [5.41, 5.74) is 7.89. The Balaban J connectivity index is 0.000000132. The number of amides is 2. The van der Waals surface area contributed by atoms with Crippen molar-refractivity contribution >= 4 is 90.1 Å². The highest BCUT2D eigenvalue weighted by molar-refractivity contribution is 9.10. The smallest absolute Gasteiger partial charge is 0.276 e. The number of halogens is 3. The molecule has 8 heterocycles. The maximum Gasteiger partial charge on any atom is 0.276 e. The van der Waals surface area contributed by atoms with Gasteiger partial charge in [0, 0.05) is 35.6 Å². The van der Waals surface area contributed by atoms with Crippen LogP contribution in [0.25, 0.3) is 21.8 Å². The van der Waals surface area contributed by atoms with Gasteiger partial charge in [-0.3, -0.25) is 38.3 Å². The molecule has 0 radical (unpaired) electrons. The number of rotatable bonds is 4. The van der Waals surface area contributed by atoms with Crippen LogP contribution in [0.3, 0.4) is 0 Å². The molecule has 16 nitrogen and oxygen atoms in total. The molecule has 2 aliphatic carbocycles. The van der Waals surface area contributed by atoms with Crippen molar-refractivity contribution in [2.75, 3.05) is 11.1 Å². The molecule has 292 valence electrons. The number of hydrogen-bond donors (Lipinski definition) is 4. The summed E-state index contributed by atoms with van der Waals surface area (Å²) in [5.74, 6) is 1.44. The van der Waals surface area contributed by atoms with Gasteiger partial charge in [0.05, 0.1) is 36.3 Å². The van der Waals surface area contributed by atoms with E-state index in [1.54, 1.807) is 40.1 Å². The molecule has 2 aliphatic heterocycles. The first kappa shape index (κ1) is 38.4. The van der Waals surface area contributed by atoms with E-state index in [1.807, 2.05) is 12.1 Å². The van der Waals surface area contributed by atoms with Gasteiger partial charge in [-0.25, -0.2) is 19.9 Å². The molecule has 0 unspecified atom stereocenters. The quantitative estimate of drug-likeness (QED) is 0.159. The molecule has 0 spiro atoms. The number of carbonyl (C=O) groups excluding carboxylic acids is 2. The third-order valence-electron chi connectivity index (χ3n) is 10.0. The molecular formula is C38H35BrCl2N12O4. The van der Waals surface area contributed by atoms with Crippen molar-refractivity contribution in [3.8, 4) is 0 Å². The molecule has 2 fully saturated rings. The fraction of sp³-hybridized carbons (Fsp3) is 0.316. The summed E-state index contributed by atoms with van der Waals surface area (Å²) in [7, 11) is 0. The van der Waals surface area contributed by atoms with Crippen LogP contribution in [0.4, 0.5) is 17.3 Å². The lowest BCUT2D eigenvalue weighted by Crippen LogP contribution is -2.42. The Morgan fingerprint density at radius 1 is 0.702 bits per heavy atom. The minimum Gasteiger partial charge on any atom is -0.383 e. The number of fused-ring (bicyclic) bond motifs is 4. The van der Waals surface area contributed by atoms with Crippen LogP contribution in [0.1, 0.15) is 97.6 Å². The number of anilines is 3. The van der Waals surface area contributed by atoms with Gasteiger partial charge in [0.15, 0.2) is 0 Å². The molecule has 19 heteroatoms. The first-order chi connectivity index (χ1) is 27.0. The Morgan fingerprint density at radius 2 is 1.19 bits per heavy atom. The van der Waals surface area contributed by atoms with Gasteiger partial charge in [0.2, 0.25) is 0 Å². The minimum atomic E-state index is -0.876. The van der Waals surface area contributed by atoms with Gasteiger partial charge < -0.3 is 21.7 Å². The van der Waals surface area contributed by atoms with Crippen molar-refractivity contribution in [1.82, 2.24) is 49.7 Å². The fourth-order valence-corrected chi connectivity index (χ4v) is 7.99. The van der Waals surface area contributed by atoms with Crippen LogP contribution < -0.4 is 32.8 Å². The normalized spacial score (nSPS) is 17.1. The molecule has 2 saturated carbocycles. The Labute approximate surface area is 342 Å². The molecule has 2 amide bonds. The largest absolute Gasteiger partial charge is 0.383 e. The molecule has 0 atom stereocenters. The SMILES string of the molecule is CC1(C)NC(=O)c2c(Cl)cc(Br)c(=O)n21.CC1(C)NC(=O)c2c(Cl)cc(Nc3ncnc4cc(C5CC5)ncc34)c(=O)n21.Nc1ncnc2cc(C3CC3)ncc12. The number of hydrogen-bond acceptors (Lipinski definition) is 12. The third kappa shape index (κ3) is 7.19. The molecule has 0 saturated heterocycles. The van der Waals surface area contributed by atoms with Gasteiger partial charge in [-0.1, -0.05) is 23.2 Å². The van der Waals surface area contributed by atoms with Gasteiger partial charge in [0.25, 0.3) is 22.9 Å². The summed E-state index contributed by atoms with van der Waals surface area (Å²) in [6.07, 6.45) is 11.3. The Kier molecular flexibility index (Phi) is 9.52. The topological polar surface area (TPSA) is 218 Å². The second-order valence-corrected chi connectivity index (χ2v) is 16.8. The second-order valence-electron chi connectivity index (χ2n) is 15.2. The summed E-state index contributed by atoms with van der Waals surface area (Å²) >= 11 is 15.3. The van der Waals surface area contributed by atoms with Crippen LogP contribution in [-0.4, -0.2) is 50.9 Å². The number of nitrogens with one attached hydrogen (secondary N) is 3. The predicted molar refractivity (Wildman–Crippen MR) is 219 cm³/mol. The van der Waals surface area contributed by atoms with Gasteiger partial charge >= 0.3 is 0 Å². The van der Waals surface area contributed by atoms with Crippen LogP contribution in [0.2, 0.25) is 10.0 Å². The standard InChI is InChI=1S/C19H17ClN6O2.C10H10N4.C9H8BrClN2O2/c1-19(2)25-17(27)15-11(20)5-14(18(28)26(15)19)24-16-10-7-21-12(9-3-4-9)6-13(10)22-8-23-16;11-10-7-4-12-8(6-1-2-6)3-9(7)13-5-14-10;1-9(2)12-7(14)6-5(11)3-4(10)8(15)13(6)9/h5-9H,3-4H2,1-2H3,(H,25,27)(H,22,23,24);3-6H,1-2H2,(H2,11,13,14);3H,1-2H3,(H,12,14). The Hall–Kier alpha value is -5.52. The van der Waals surface area contributed by atoms with Crippen LogP contribution in [-0.2, 0) is 11.3 Å². The highest BCUT2D eigenvalue weighted by Gasteiger charge is 2.39. The first-order valence-electron chi connectivity index (χ1n) is 18.0. The van der Waals surface area contributed by atoms with E-state index < -0.39 is 11.3 Å². The highest BCUT2D eigenvalue weighted by atomic mass is 79.9. The summed E-state index contributed by atoms with van der Waals surface area (Å²) in [6, 6.07) is 6.88. The highest BCUT2D eigenvalue weighted by Crippen LogP contribution is 2.41. The molecular weight excluding hydrogens is 839 g/mol. The molecule has 6 aromatic heterocycles. The summed E-state index contributed by atoms with van der Waals surface area (Å²) in [5, 5.41) is 10.5. The fourth-order valence-electron chi connectivity index (χ4n) is 6.89. The van der Waals surface area contributed by atoms with E-state index in [-0.39, 0.29) is 50.1 Å². The third-order valence-corrected chi connectivity index (χ3v) is 11.2. The zero-order chi connectivity index (χ0) is 40.6. The van der Waals surface area contributed by atoms with Crippen LogP contribution in [0.15, 0.2) is 63.4 Å². The summed E-state index contributed by atoms with van der Waals surface area (Å²) in [4.78, 5) is 74.3. The van der Waals surface area contributed by atoms with Gasteiger partial charge in [-0.2, -0.15) is 0 Å². The maximum atomic E-state index is 13.1. The van der Waals surface area contributed by atoms with Crippen molar-refractivity contribution in [2.24, 2.45) is 0 Å². The van der Waals surface area contributed by atoms with E-state index in [0.29, 0.717) is 33.3 Å². The van der Waals surface area contributed by atoms with Crippen molar-refractivity contribution in [3.63, 3.8) is 0 Å². The van der Waals surface area contributed by atoms with E-state index in [2.05, 4.69) is 61.8 Å².